The quantitative estimate of drug-likeness (QED) is 0.744. The Labute approximate surface area is 146 Å². The van der Waals surface area contributed by atoms with Gasteiger partial charge in [-0.05, 0) is 42.8 Å². The van der Waals surface area contributed by atoms with Gasteiger partial charge in [0.2, 0.25) is 0 Å². The third-order valence-electron chi connectivity index (χ3n) is 4.33. The highest BCUT2D eigenvalue weighted by molar-refractivity contribution is 5.86. The first-order valence-electron chi connectivity index (χ1n) is 8.32. The number of nitrogen functional groups attached to an aromatic ring is 1. The third kappa shape index (κ3) is 2.76. The number of aryl methyl sites for hydroxylation is 1. The van der Waals surface area contributed by atoms with Crippen LogP contribution in [0.5, 0.6) is 0 Å². The van der Waals surface area contributed by atoms with Gasteiger partial charge in [-0.15, -0.1) is 0 Å². The van der Waals surface area contributed by atoms with E-state index in [0.29, 0.717) is 40.1 Å². The van der Waals surface area contributed by atoms with E-state index in [1.807, 2.05) is 20.8 Å². The molecule has 0 aliphatic heterocycles. The average molecular weight is 332 g/mol. The lowest BCUT2D eigenvalue weighted by Crippen LogP contribution is -2.25. The first-order chi connectivity index (χ1) is 12.0. The number of fused-ring (bicyclic) bond motifs is 1. The van der Waals surface area contributed by atoms with Gasteiger partial charge in [0.1, 0.15) is 5.82 Å². The lowest BCUT2D eigenvalue weighted by atomic mass is 10.0. The van der Waals surface area contributed by atoms with Crippen LogP contribution in [0.1, 0.15) is 43.6 Å². The van der Waals surface area contributed by atoms with E-state index in [4.69, 9.17) is 16.0 Å². The predicted octanol–water partition coefficient (Wildman–Crippen LogP) is 3.53. The maximum absolute atomic E-state index is 13.2. The van der Waals surface area contributed by atoms with Crippen LogP contribution in [-0.2, 0) is 6.42 Å². The summed E-state index contributed by atoms with van der Waals surface area (Å²) >= 11 is 0. The van der Waals surface area contributed by atoms with Crippen molar-refractivity contribution < 1.29 is 0 Å². The fraction of sp³-hybridized carbons (Fsp3) is 0.250. The third-order valence-corrected chi connectivity index (χ3v) is 4.33. The molecular weight excluding hydrogens is 312 g/mol. The molecule has 0 saturated heterocycles. The second-order valence-electron chi connectivity index (χ2n) is 6.31. The Morgan fingerprint density at radius 1 is 1.20 bits per heavy atom. The summed E-state index contributed by atoms with van der Waals surface area (Å²) in [5, 5.41) is 9.53. The summed E-state index contributed by atoms with van der Waals surface area (Å²) in [5.41, 5.74) is 9.46. The summed E-state index contributed by atoms with van der Waals surface area (Å²) in [6.45, 7) is 6.02. The summed E-state index contributed by atoms with van der Waals surface area (Å²) in [6, 6.07) is 12.6. The van der Waals surface area contributed by atoms with Gasteiger partial charge in [-0.1, -0.05) is 20.8 Å². The Balaban J connectivity index is 2.40. The van der Waals surface area contributed by atoms with Gasteiger partial charge in [0.05, 0.1) is 28.2 Å². The molecule has 0 spiro atoms. The molecule has 5 heteroatoms. The average Bonchev–Trinajstić information content (AvgIpc) is 2.61. The monoisotopic (exact) mass is 332 g/mol. The minimum absolute atomic E-state index is 0.0545. The van der Waals surface area contributed by atoms with Gasteiger partial charge in [0.25, 0.3) is 5.56 Å². The minimum Gasteiger partial charge on any atom is -0.398 e. The van der Waals surface area contributed by atoms with Crippen LogP contribution in [0.15, 0.2) is 41.2 Å². The van der Waals surface area contributed by atoms with Crippen LogP contribution in [0, 0.1) is 11.3 Å². The van der Waals surface area contributed by atoms with Gasteiger partial charge in [0, 0.05) is 17.2 Å². The van der Waals surface area contributed by atoms with Crippen LogP contribution >= 0.6 is 0 Å². The number of hydrogen-bond acceptors (Lipinski definition) is 4. The largest absolute Gasteiger partial charge is 0.398 e. The number of anilines is 1. The summed E-state index contributed by atoms with van der Waals surface area (Å²) in [5.74, 6) is 0.737. The van der Waals surface area contributed by atoms with Crippen molar-refractivity contribution in [3.05, 3.63) is 63.7 Å². The molecule has 126 valence electrons. The highest BCUT2D eigenvalue weighted by Crippen LogP contribution is 2.25. The molecule has 0 radical (unpaired) electrons. The summed E-state index contributed by atoms with van der Waals surface area (Å²) in [6.07, 6.45) is 0.716. The number of nitrogens with two attached hydrogens (primary N) is 1. The lowest BCUT2D eigenvalue weighted by molar-refractivity contribution is 0.722. The lowest BCUT2D eigenvalue weighted by Gasteiger charge is -2.17. The van der Waals surface area contributed by atoms with E-state index >= 15 is 0 Å². The smallest absolute Gasteiger partial charge is 0.265 e. The minimum atomic E-state index is -0.117. The van der Waals surface area contributed by atoms with E-state index in [1.165, 1.54) is 0 Å². The number of aromatic nitrogens is 2. The van der Waals surface area contributed by atoms with Crippen molar-refractivity contribution in [2.24, 2.45) is 0 Å². The Kier molecular flexibility index (Phi) is 4.28. The molecule has 0 aliphatic rings. The predicted molar refractivity (Wildman–Crippen MR) is 99.9 cm³/mol. The zero-order valence-corrected chi connectivity index (χ0v) is 14.6. The number of nitriles is 1. The van der Waals surface area contributed by atoms with Gasteiger partial charge in [-0.25, -0.2) is 4.98 Å². The molecule has 0 saturated carbocycles. The molecule has 3 aromatic rings. The van der Waals surface area contributed by atoms with Crippen molar-refractivity contribution in [2.75, 3.05) is 5.73 Å². The van der Waals surface area contributed by atoms with Crippen molar-refractivity contribution in [3.63, 3.8) is 0 Å². The zero-order chi connectivity index (χ0) is 18.1. The second kappa shape index (κ2) is 6.40. The van der Waals surface area contributed by atoms with Gasteiger partial charge in [-0.2, -0.15) is 5.26 Å². The summed E-state index contributed by atoms with van der Waals surface area (Å²) < 4.78 is 1.63. The molecule has 2 N–H and O–H groups in total. The molecule has 5 nitrogen and oxygen atoms in total. The van der Waals surface area contributed by atoms with Crippen molar-refractivity contribution in [2.45, 2.75) is 33.1 Å². The van der Waals surface area contributed by atoms with Crippen LogP contribution in [-0.4, -0.2) is 9.55 Å². The molecule has 1 heterocycles. The summed E-state index contributed by atoms with van der Waals surface area (Å²) in [4.78, 5) is 18.0. The SMILES string of the molecule is CCc1c(N)ccc2c(=O)n(-c3ccc(C#N)cc3)c(C(C)C)nc12. The number of benzene rings is 2. The Morgan fingerprint density at radius 3 is 2.44 bits per heavy atom. The second-order valence-corrected chi connectivity index (χ2v) is 6.31. The maximum Gasteiger partial charge on any atom is 0.265 e. The maximum atomic E-state index is 13.2. The van der Waals surface area contributed by atoms with Gasteiger partial charge >= 0.3 is 0 Å². The number of hydrogen-bond donors (Lipinski definition) is 1. The van der Waals surface area contributed by atoms with Crippen LogP contribution in [0.4, 0.5) is 5.69 Å². The van der Waals surface area contributed by atoms with Gasteiger partial charge < -0.3 is 5.73 Å². The fourth-order valence-electron chi connectivity index (χ4n) is 3.03. The van der Waals surface area contributed by atoms with E-state index in [9.17, 15) is 4.79 Å². The zero-order valence-electron chi connectivity index (χ0n) is 14.6. The highest BCUT2D eigenvalue weighted by Gasteiger charge is 2.17. The molecule has 0 bridgehead atoms. The van der Waals surface area contributed by atoms with E-state index in [2.05, 4.69) is 6.07 Å². The van der Waals surface area contributed by atoms with E-state index < -0.39 is 0 Å². The normalized spacial score (nSPS) is 11.0. The molecule has 25 heavy (non-hydrogen) atoms. The Hall–Kier alpha value is -3.13. The molecule has 0 atom stereocenters. The van der Waals surface area contributed by atoms with Crippen molar-refractivity contribution in [1.82, 2.24) is 9.55 Å². The topological polar surface area (TPSA) is 84.7 Å². The van der Waals surface area contributed by atoms with Gasteiger partial charge in [0.15, 0.2) is 0 Å². The Morgan fingerprint density at radius 2 is 1.88 bits per heavy atom. The first-order valence-corrected chi connectivity index (χ1v) is 8.32. The Bertz CT molecular complexity index is 1040. The molecule has 3 rings (SSSR count). The van der Waals surface area contributed by atoms with Gasteiger partial charge in [-0.3, -0.25) is 9.36 Å². The van der Waals surface area contributed by atoms with Crippen molar-refractivity contribution >= 4 is 16.6 Å². The molecule has 1 aromatic heterocycles. The molecule has 2 aromatic carbocycles. The van der Waals surface area contributed by atoms with Crippen LogP contribution in [0.25, 0.3) is 16.6 Å². The van der Waals surface area contributed by atoms with E-state index in [0.717, 1.165) is 5.56 Å². The summed E-state index contributed by atoms with van der Waals surface area (Å²) in [7, 11) is 0. The molecule has 0 fully saturated rings. The first kappa shape index (κ1) is 16.7. The van der Waals surface area contributed by atoms with Crippen molar-refractivity contribution in [3.8, 4) is 11.8 Å². The molecule has 0 aliphatic carbocycles. The number of rotatable bonds is 3. The van der Waals surface area contributed by atoms with Crippen molar-refractivity contribution in [1.29, 1.82) is 5.26 Å². The van der Waals surface area contributed by atoms with Crippen LogP contribution < -0.4 is 11.3 Å². The fourth-order valence-corrected chi connectivity index (χ4v) is 3.03. The molecule has 0 amide bonds. The highest BCUT2D eigenvalue weighted by atomic mass is 16.1. The van der Waals surface area contributed by atoms with Crippen LogP contribution in [0.2, 0.25) is 0 Å². The van der Waals surface area contributed by atoms with E-state index in [-0.39, 0.29) is 11.5 Å². The molecular formula is C20H20N4O. The number of nitrogens with zero attached hydrogens (tertiary/aromatic N) is 3. The van der Waals surface area contributed by atoms with Crippen LogP contribution in [0.3, 0.4) is 0 Å². The molecule has 0 unspecified atom stereocenters. The van der Waals surface area contributed by atoms with E-state index in [1.54, 1.807) is 41.0 Å². The standard InChI is InChI=1S/C20H20N4O/c1-4-15-17(22)10-9-16-18(15)23-19(12(2)3)24(20(16)25)14-7-5-13(11-21)6-8-14/h5-10,12H,4,22H2,1-3H3.